The first-order chi connectivity index (χ1) is 8.29. The van der Waals surface area contributed by atoms with Crippen LogP contribution in [0.4, 0.5) is 5.82 Å². The topological polar surface area (TPSA) is 51.8 Å². The summed E-state index contributed by atoms with van der Waals surface area (Å²) in [5.74, 6) is 1.30. The van der Waals surface area contributed by atoms with Crippen LogP contribution in [-0.2, 0) is 5.41 Å². The number of hydrogen-bond donors (Lipinski definition) is 1. The first kappa shape index (κ1) is 13.7. The van der Waals surface area contributed by atoms with Crippen LogP contribution < -0.4 is 5.73 Å². The highest BCUT2D eigenvalue weighted by molar-refractivity contribution is 14.1. The fourth-order valence-corrected chi connectivity index (χ4v) is 3.48. The second-order valence-corrected chi connectivity index (χ2v) is 7.62. The molecule has 0 aliphatic rings. The molecule has 0 unspecified atom stereocenters. The first-order valence-electron chi connectivity index (χ1n) is 5.69. The highest BCUT2D eigenvalue weighted by Crippen LogP contribution is 2.32. The summed E-state index contributed by atoms with van der Waals surface area (Å²) in [5, 5.41) is 0. The molecule has 0 saturated heterocycles. The van der Waals surface area contributed by atoms with Gasteiger partial charge < -0.3 is 5.73 Å². The van der Waals surface area contributed by atoms with Gasteiger partial charge >= 0.3 is 0 Å². The highest BCUT2D eigenvalue weighted by Gasteiger charge is 2.22. The molecule has 0 saturated carbocycles. The van der Waals surface area contributed by atoms with Gasteiger partial charge in [-0.15, -0.1) is 11.3 Å². The van der Waals surface area contributed by atoms with Crippen molar-refractivity contribution >= 4 is 39.7 Å². The zero-order valence-corrected chi connectivity index (χ0v) is 13.9. The van der Waals surface area contributed by atoms with Crippen LogP contribution in [-0.4, -0.2) is 9.97 Å². The Morgan fingerprint density at radius 3 is 2.39 bits per heavy atom. The molecule has 18 heavy (non-hydrogen) atoms. The van der Waals surface area contributed by atoms with Crippen molar-refractivity contribution in [3.05, 3.63) is 26.3 Å². The Bertz CT molecular complexity index is 584. The number of thiophene rings is 1. The fourth-order valence-electron chi connectivity index (χ4n) is 1.63. The van der Waals surface area contributed by atoms with Gasteiger partial charge in [0.2, 0.25) is 0 Å². The molecule has 2 heterocycles. The Kier molecular flexibility index (Phi) is 3.64. The second-order valence-electron chi connectivity index (χ2n) is 5.26. The lowest BCUT2D eigenvalue weighted by molar-refractivity contribution is 0.564. The van der Waals surface area contributed by atoms with E-state index in [1.54, 1.807) is 11.3 Å². The van der Waals surface area contributed by atoms with E-state index < -0.39 is 0 Å². The minimum atomic E-state index is -0.0331. The van der Waals surface area contributed by atoms with Gasteiger partial charge in [0.1, 0.15) is 5.82 Å². The molecule has 0 spiro atoms. The molecule has 5 heteroatoms. The molecule has 3 nitrogen and oxygen atoms in total. The number of aryl methyl sites for hydroxylation is 1. The molecule has 0 fully saturated rings. The number of hydrogen-bond acceptors (Lipinski definition) is 4. The number of rotatable bonds is 1. The summed E-state index contributed by atoms with van der Waals surface area (Å²) in [5.41, 5.74) is 6.99. The molecular weight excluding hydrogens is 357 g/mol. The lowest BCUT2D eigenvalue weighted by Crippen LogP contribution is -2.18. The normalized spacial score (nSPS) is 11.8. The molecule has 2 aromatic heterocycles. The van der Waals surface area contributed by atoms with E-state index in [4.69, 9.17) is 10.7 Å². The number of nitrogens with zero attached hydrogens (tertiary/aromatic N) is 2. The van der Waals surface area contributed by atoms with Gasteiger partial charge in [0.05, 0.1) is 14.1 Å². The van der Waals surface area contributed by atoms with Crippen molar-refractivity contribution in [3.63, 3.8) is 0 Å². The monoisotopic (exact) mass is 373 g/mol. The van der Waals surface area contributed by atoms with E-state index in [-0.39, 0.29) is 5.41 Å². The van der Waals surface area contributed by atoms with Crippen molar-refractivity contribution in [2.75, 3.05) is 5.73 Å². The molecule has 0 atom stereocenters. The van der Waals surface area contributed by atoms with Crippen LogP contribution in [0.25, 0.3) is 10.7 Å². The Morgan fingerprint density at radius 2 is 1.89 bits per heavy atom. The molecule has 96 valence electrons. The number of anilines is 1. The smallest absolute Gasteiger partial charge is 0.171 e. The summed E-state index contributed by atoms with van der Waals surface area (Å²) < 4.78 is 0.956. The quantitative estimate of drug-likeness (QED) is 0.769. The third-order valence-corrected chi connectivity index (χ3v) is 4.61. The molecule has 0 aliphatic heterocycles. The number of aromatic nitrogens is 2. The van der Waals surface area contributed by atoms with Gasteiger partial charge in [-0.3, -0.25) is 0 Å². The van der Waals surface area contributed by atoms with E-state index in [1.807, 2.05) is 6.07 Å². The van der Waals surface area contributed by atoms with Gasteiger partial charge in [-0.1, -0.05) is 20.8 Å². The minimum absolute atomic E-state index is 0.0331. The van der Waals surface area contributed by atoms with Crippen molar-refractivity contribution in [1.82, 2.24) is 9.97 Å². The Hall–Kier alpha value is -0.690. The van der Waals surface area contributed by atoms with E-state index >= 15 is 0 Å². The number of halogens is 1. The van der Waals surface area contributed by atoms with E-state index in [1.165, 1.54) is 4.88 Å². The van der Waals surface area contributed by atoms with Crippen LogP contribution in [0.3, 0.4) is 0 Å². The predicted molar refractivity (Wildman–Crippen MR) is 85.9 cm³/mol. The Morgan fingerprint density at radius 1 is 1.22 bits per heavy atom. The number of nitrogens with two attached hydrogens (primary N) is 1. The average Bonchev–Trinajstić information content (AvgIpc) is 2.67. The number of nitrogen functional groups attached to an aromatic ring is 1. The Balaban J connectivity index is 2.61. The van der Waals surface area contributed by atoms with Crippen LogP contribution in [0.15, 0.2) is 12.1 Å². The molecule has 0 radical (unpaired) electrons. The van der Waals surface area contributed by atoms with Gasteiger partial charge in [0.15, 0.2) is 5.82 Å². The van der Waals surface area contributed by atoms with Crippen LogP contribution in [0.5, 0.6) is 0 Å². The standard InChI is InChI=1S/C13H16IN3S/c1-7-5-6-8(18-7)12-16-10(13(2,3)4)9(14)11(15)17-12/h5-6H,1-4H3,(H2,15,16,17). The van der Waals surface area contributed by atoms with Gasteiger partial charge in [0.25, 0.3) is 0 Å². The maximum Gasteiger partial charge on any atom is 0.171 e. The molecule has 0 amide bonds. The summed E-state index contributed by atoms with van der Waals surface area (Å²) in [4.78, 5) is 11.4. The Labute approximate surface area is 125 Å². The largest absolute Gasteiger partial charge is 0.383 e. The molecule has 2 rings (SSSR count). The lowest BCUT2D eigenvalue weighted by Gasteiger charge is -2.20. The summed E-state index contributed by atoms with van der Waals surface area (Å²) in [7, 11) is 0. The van der Waals surface area contributed by atoms with Gasteiger partial charge in [-0.05, 0) is 41.6 Å². The van der Waals surface area contributed by atoms with Crippen molar-refractivity contribution in [2.24, 2.45) is 0 Å². The van der Waals surface area contributed by atoms with Crippen LogP contribution >= 0.6 is 33.9 Å². The fraction of sp³-hybridized carbons (Fsp3) is 0.385. The van der Waals surface area contributed by atoms with Gasteiger partial charge in [-0.25, -0.2) is 9.97 Å². The zero-order chi connectivity index (χ0) is 13.5. The average molecular weight is 373 g/mol. The first-order valence-corrected chi connectivity index (χ1v) is 7.59. The summed E-state index contributed by atoms with van der Waals surface area (Å²) in [6, 6.07) is 4.13. The van der Waals surface area contributed by atoms with Gasteiger partial charge in [-0.2, -0.15) is 0 Å². The minimum Gasteiger partial charge on any atom is -0.383 e. The molecular formula is C13H16IN3S. The maximum absolute atomic E-state index is 6.01. The van der Waals surface area contributed by atoms with Crippen LogP contribution in [0, 0.1) is 10.5 Å². The summed E-state index contributed by atoms with van der Waals surface area (Å²) >= 11 is 3.92. The predicted octanol–water partition coefficient (Wildman–Crippen LogP) is 4.00. The second kappa shape index (κ2) is 4.77. The van der Waals surface area contributed by atoms with Crippen molar-refractivity contribution in [1.29, 1.82) is 0 Å². The van der Waals surface area contributed by atoms with E-state index in [0.29, 0.717) is 5.82 Å². The van der Waals surface area contributed by atoms with Crippen molar-refractivity contribution < 1.29 is 0 Å². The van der Waals surface area contributed by atoms with Crippen molar-refractivity contribution in [3.8, 4) is 10.7 Å². The zero-order valence-electron chi connectivity index (χ0n) is 10.9. The summed E-state index contributed by atoms with van der Waals surface area (Å²) in [6.07, 6.45) is 0. The van der Waals surface area contributed by atoms with Crippen LogP contribution in [0.1, 0.15) is 31.3 Å². The van der Waals surface area contributed by atoms with E-state index in [0.717, 1.165) is 20.0 Å². The van der Waals surface area contributed by atoms with Crippen LogP contribution in [0.2, 0.25) is 0 Å². The van der Waals surface area contributed by atoms with Gasteiger partial charge in [0, 0.05) is 10.3 Å². The maximum atomic E-state index is 6.01. The lowest BCUT2D eigenvalue weighted by atomic mass is 9.92. The van der Waals surface area contributed by atoms with E-state index in [9.17, 15) is 0 Å². The molecule has 2 N–H and O–H groups in total. The molecule has 0 bridgehead atoms. The molecule has 0 aliphatic carbocycles. The van der Waals surface area contributed by atoms with Crippen molar-refractivity contribution in [2.45, 2.75) is 33.1 Å². The third-order valence-electron chi connectivity index (χ3n) is 2.55. The SMILES string of the molecule is Cc1ccc(-c2nc(N)c(I)c(C(C)(C)C)n2)s1. The highest BCUT2D eigenvalue weighted by atomic mass is 127. The van der Waals surface area contributed by atoms with E-state index in [2.05, 4.69) is 61.3 Å². The third kappa shape index (κ3) is 2.66. The summed E-state index contributed by atoms with van der Waals surface area (Å²) in [6.45, 7) is 8.50. The molecule has 0 aromatic carbocycles. The molecule has 2 aromatic rings.